The summed E-state index contributed by atoms with van der Waals surface area (Å²) in [6, 6.07) is 14.8. The van der Waals surface area contributed by atoms with E-state index in [1.54, 1.807) is 39.1 Å². The molecule has 1 unspecified atom stereocenters. The Morgan fingerprint density at radius 3 is 2.44 bits per heavy atom. The molecule has 0 aliphatic carbocycles. The predicted molar refractivity (Wildman–Crippen MR) is 150 cm³/mol. The third kappa shape index (κ3) is 8.30. The standard InChI is InChI=1S/C29H37N5O5/c1-28(2,3)39-26(35)21-30-27(36)22-5-7-23(8-6-22)29(31-13-4-14-32-29)33-24-9-11-25(12-10-24)38-20-17-34-15-18-37-19-16-34/h4-14,31,33H,15-21H2,1-3H3,(H,30,36). The van der Waals surface area contributed by atoms with Crippen LogP contribution in [0.25, 0.3) is 0 Å². The summed E-state index contributed by atoms with van der Waals surface area (Å²) in [7, 11) is 0. The molecule has 2 aromatic rings. The summed E-state index contributed by atoms with van der Waals surface area (Å²) in [5, 5.41) is 9.35. The normalized spacial score (nSPS) is 19.2. The van der Waals surface area contributed by atoms with Gasteiger partial charge in [0.05, 0.1) is 13.2 Å². The molecule has 2 aromatic carbocycles. The van der Waals surface area contributed by atoms with Crippen LogP contribution in [0.4, 0.5) is 5.69 Å². The molecule has 39 heavy (non-hydrogen) atoms. The maximum atomic E-state index is 12.6. The van der Waals surface area contributed by atoms with Crippen LogP contribution in [0.2, 0.25) is 0 Å². The Bertz CT molecular complexity index is 1170. The van der Waals surface area contributed by atoms with Gasteiger partial charge in [-0.3, -0.25) is 14.5 Å². The number of anilines is 1. The van der Waals surface area contributed by atoms with E-state index in [2.05, 4.69) is 25.8 Å². The number of hydrogen-bond donors (Lipinski definition) is 3. The molecule has 2 aliphatic heterocycles. The van der Waals surface area contributed by atoms with Gasteiger partial charge in [0.2, 0.25) is 5.79 Å². The van der Waals surface area contributed by atoms with Crippen molar-refractivity contribution < 1.29 is 23.8 Å². The number of esters is 1. The summed E-state index contributed by atoms with van der Waals surface area (Å²) >= 11 is 0. The molecule has 3 N–H and O–H groups in total. The molecule has 0 radical (unpaired) electrons. The molecular weight excluding hydrogens is 498 g/mol. The van der Waals surface area contributed by atoms with Gasteiger partial charge in [0.1, 0.15) is 24.5 Å². The third-order valence-electron chi connectivity index (χ3n) is 6.08. The monoisotopic (exact) mass is 535 g/mol. The van der Waals surface area contributed by atoms with Crippen molar-refractivity contribution in [3.05, 3.63) is 71.9 Å². The van der Waals surface area contributed by atoms with Crippen LogP contribution in [0.5, 0.6) is 5.75 Å². The molecule has 10 nitrogen and oxygen atoms in total. The van der Waals surface area contributed by atoms with Gasteiger partial charge in [-0.25, -0.2) is 4.99 Å². The van der Waals surface area contributed by atoms with Gasteiger partial charge >= 0.3 is 5.97 Å². The molecule has 0 spiro atoms. The van der Waals surface area contributed by atoms with Crippen molar-refractivity contribution in [2.24, 2.45) is 4.99 Å². The van der Waals surface area contributed by atoms with Gasteiger partial charge in [-0.15, -0.1) is 0 Å². The van der Waals surface area contributed by atoms with Crippen molar-refractivity contribution >= 4 is 23.8 Å². The second kappa shape index (κ2) is 12.8. The molecule has 1 fully saturated rings. The fraction of sp³-hybridized carbons (Fsp3) is 0.414. The number of rotatable bonds is 10. The molecule has 2 aliphatic rings. The molecule has 0 saturated carbocycles. The molecular formula is C29H37N5O5. The lowest BCUT2D eigenvalue weighted by molar-refractivity contribution is -0.153. The first-order chi connectivity index (χ1) is 18.7. The quantitative estimate of drug-likeness (QED) is 0.398. The molecule has 208 valence electrons. The van der Waals surface area contributed by atoms with Crippen molar-refractivity contribution in [2.45, 2.75) is 32.2 Å². The minimum absolute atomic E-state index is 0.201. The number of carbonyl (C=O) groups is 2. The van der Waals surface area contributed by atoms with Gasteiger partial charge in [-0.05, 0) is 63.2 Å². The number of nitrogens with zero attached hydrogens (tertiary/aromatic N) is 2. The highest BCUT2D eigenvalue weighted by atomic mass is 16.6. The van der Waals surface area contributed by atoms with Gasteiger partial charge in [-0.2, -0.15) is 0 Å². The average molecular weight is 536 g/mol. The smallest absolute Gasteiger partial charge is 0.325 e. The lowest BCUT2D eigenvalue weighted by Crippen LogP contribution is -2.46. The van der Waals surface area contributed by atoms with E-state index >= 15 is 0 Å². The number of morpholine rings is 1. The van der Waals surface area contributed by atoms with Gasteiger partial charge in [0.15, 0.2) is 0 Å². The molecule has 0 bridgehead atoms. The van der Waals surface area contributed by atoms with Crippen LogP contribution in [0.15, 0.2) is 65.8 Å². The third-order valence-corrected chi connectivity index (χ3v) is 6.08. The number of nitrogens with one attached hydrogen (secondary N) is 3. The fourth-order valence-electron chi connectivity index (χ4n) is 4.16. The summed E-state index contributed by atoms with van der Waals surface area (Å²) in [5.74, 6) is -1.01. The first-order valence-corrected chi connectivity index (χ1v) is 13.1. The topological polar surface area (TPSA) is 114 Å². The van der Waals surface area contributed by atoms with Crippen LogP contribution in [-0.2, 0) is 20.1 Å². The van der Waals surface area contributed by atoms with Crippen LogP contribution in [0.3, 0.4) is 0 Å². The number of allylic oxidation sites excluding steroid dienone is 1. The molecule has 1 atom stereocenters. The van der Waals surface area contributed by atoms with Crippen LogP contribution in [0.1, 0.15) is 36.7 Å². The van der Waals surface area contributed by atoms with Gasteiger partial charge in [0.25, 0.3) is 5.91 Å². The van der Waals surface area contributed by atoms with E-state index in [0.717, 1.165) is 49.8 Å². The first-order valence-electron chi connectivity index (χ1n) is 13.1. The zero-order chi connectivity index (χ0) is 27.7. The minimum Gasteiger partial charge on any atom is -0.492 e. The number of carbonyl (C=O) groups excluding carboxylic acids is 2. The fourth-order valence-corrected chi connectivity index (χ4v) is 4.16. The summed E-state index contributed by atoms with van der Waals surface area (Å²) in [5.41, 5.74) is 1.46. The Hall–Kier alpha value is -3.89. The Balaban J connectivity index is 1.36. The maximum absolute atomic E-state index is 12.6. The van der Waals surface area contributed by atoms with Crippen LogP contribution < -0.4 is 20.7 Å². The summed E-state index contributed by atoms with van der Waals surface area (Å²) in [6.07, 6.45) is 5.34. The second-order valence-electron chi connectivity index (χ2n) is 10.3. The first kappa shape index (κ1) is 28.1. The van der Waals surface area contributed by atoms with Crippen molar-refractivity contribution in [1.82, 2.24) is 15.5 Å². The van der Waals surface area contributed by atoms with Gasteiger partial charge in [0, 0.05) is 48.9 Å². The predicted octanol–water partition coefficient (Wildman–Crippen LogP) is 2.88. The average Bonchev–Trinajstić information content (AvgIpc) is 2.93. The van der Waals surface area contributed by atoms with Crippen LogP contribution in [0, 0.1) is 0 Å². The van der Waals surface area contributed by atoms with E-state index in [0.29, 0.717) is 12.2 Å². The van der Waals surface area contributed by atoms with Crippen LogP contribution >= 0.6 is 0 Å². The number of aliphatic imine (C=N–C) groups is 1. The van der Waals surface area contributed by atoms with Crippen molar-refractivity contribution in [2.75, 3.05) is 51.3 Å². The number of ether oxygens (including phenoxy) is 3. The van der Waals surface area contributed by atoms with E-state index in [-0.39, 0.29) is 12.5 Å². The van der Waals surface area contributed by atoms with Gasteiger partial charge in [-0.1, -0.05) is 12.1 Å². The Morgan fingerprint density at radius 2 is 1.79 bits per heavy atom. The van der Waals surface area contributed by atoms with Crippen molar-refractivity contribution in [3.8, 4) is 5.75 Å². The van der Waals surface area contributed by atoms with E-state index in [4.69, 9.17) is 14.2 Å². The molecule has 2 heterocycles. The number of amides is 1. The summed E-state index contributed by atoms with van der Waals surface area (Å²) in [6.45, 7) is 10.1. The molecule has 10 heteroatoms. The van der Waals surface area contributed by atoms with Crippen molar-refractivity contribution in [1.29, 1.82) is 0 Å². The number of benzene rings is 2. The summed E-state index contributed by atoms with van der Waals surface area (Å²) < 4.78 is 16.5. The highest BCUT2D eigenvalue weighted by Gasteiger charge is 2.31. The Labute approximate surface area is 229 Å². The summed E-state index contributed by atoms with van der Waals surface area (Å²) in [4.78, 5) is 31.5. The zero-order valence-corrected chi connectivity index (χ0v) is 22.7. The van der Waals surface area contributed by atoms with Crippen LogP contribution in [-0.4, -0.2) is 74.6 Å². The lowest BCUT2D eigenvalue weighted by atomic mass is 10.0. The highest BCUT2D eigenvalue weighted by molar-refractivity contribution is 5.96. The van der Waals surface area contributed by atoms with E-state index in [1.807, 2.05) is 48.7 Å². The van der Waals surface area contributed by atoms with E-state index in [1.165, 1.54) is 0 Å². The molecule has 1 amide bonds. The second-order valence-corrected chi connectivity index (χ2v) is 10.3. The van der Waals surface area contributed by atoms with Gasteiger partial charge < -0.3 is 30.2 Å². The molecule has 4 rings (SSSR count). The van der Waals surface area contributed by atoms with Crippen molar-refractivity contribution in [3.63, 3.8) is 0 Å². The SMILES string of the molecule is CC(C)(C)OC(=O)CNC(=O)c1ccc(C2(Nc3ccc(OCCN4CCOCC4)cc3)N=CC=CN2)cc1. The zero-order valence-electron chi connectivity index (χ0n) is 22.7. The minimum atomic E-state index is -0.959. The molecule has 0 aromatic heterocycles. The highest BCUT2D eigenvalue weighted by Crippen LogP contribution is 2.28. The number of hydrogen-bond acceptors (Lipinski definition) is 9. The largest absolute Gasteiger partial charge is 0.492 e. The van der Waals surface area contributed by atoms with E-state index in [9.17, 15) is 9.59 Å². The maximum Gasteiger partial charge on any atom is 0.325 e. The lowest BCUT2D eigenvalue weighted by Gasteiger charge is -2.34. The Kier molecular flexibility index (Phi) is 9.21. The Morgan fingerprint density at radius 1 is 1.08 bits per heavy atom. The molecule has 1 saturated heterocycles. The van der Waals surface area contributed by atoms with E-state index < -0.39 is 17.4 Å².